The predicted molar refractivity (Wildman–Crippen MR) is 77.0 cm³/mol. The Hall–Kier alpha value is -2.11. The highest BCUT2D eigenvalue weighted by molar-refractivity contribution is 5.96. The summed E-state index contributed by atoms with van der Waals surface area (Å²) in [6.07, 6.45) is 6.50. The van der Waals surface area contributed by atoms with E-state index in [9.17, 15) is 4.79 Å². The molecule has 6 heteroatoms. The van der Waals surface area contributed by atoms with Gasteiger partial charge in [0.05, 0.1) is 5.69 Å². The van der Waals surface area contributed by atoms with E-state index in [0.29, 0.717) is 35.9 Å². The fraction of sp³-hybridized carbons (Fsp3) is 0.533. The van der Waals surface area contributed by atoms with Crippen molar-refractivity contribution in [3.8, 4) is 0 Å². The first kappa shape index (κ1) is 13.9. The molecule has 0 spiro atoms. The Kier molecular flexibility index (Phi) is 3.77. The molecule has 2 aromatic heterocycles. The molecular weight excluding hydrogens is 268 g/mol. The molecule has 21 heavy (non-hydrogen) atoms. The first-order valence-corrected chi connectivity index (χ1v) is 7.42. The quantitative estimate of drug-likeness (QED) is 0.930. The van der Waals surface area contributed by atoms with Crippen LogP contribution in [0.5, 0.6) is 0 Å². The zero-order valence-corrected chi connectivity index (χ0v) is 12.4. The second kappa shape index (κ2) is 5.71. The number of carbonyl (C=O) groups is 1. The summed E-state index contributed by atoms with van der Waals surface area (Å²) in [4.78, 5) is 16.7. The van der Waals surface area contributed by atoms with Crippen molar-refractivity contribution in [1.29, 1.82) is 0 Å². The van der Waals surface area contributed by atoms with Crippen LogP contribution in [0.25, 0.3) is 0 Å². The van der Waals surface area contributed by atoms with E-state index in [0.717, 1.165) is 25.2 Å². The van der Waals surface area contributed by atoms with E-state index in [1.165, 1.54) is 0 Å². The van der Waals surface area contributed by atoms with Gasteiger partial charge in [-0.25, -0.2) is 4.98 Å². The monoisotopic (exact) mass is 288 g/mol. The maximum Gasteiger partial charge on any atom is 0.256 e. The molecule has 112 valence electrons. The second-order valence-electron chi connectivity index (χ2n) is 5.53. The van der Waals surface area contributed by atoms with Crippen LogP contribution in [0.15, 0.2) is 16.9 Å². The SMILES string of the molecule is CCc1onc(C)c1C(=O)NC[C@H]1CCn2ccnc2C1. The number of hydrogen-bond acceptors (Lipinski definition) is 4. The molecule has 1 N–H and O–H groups in total. The third kappa shape index (κ3) is 2.70. The molecule has 0 unspecified atom stereocenters. The molecule has 3 rings (SSSR count). The number of carbonyl (C=O) groups excluding carboxylic acids is 1. The summed E-state index contributed by atoms with van der Waals surface area (Å²) in [6.45, 7) is 5.40. The van der Waals surface area contributed by atoms with E-state index in [-0.39, 0.29) is 5.91 Å². The van der Waals surface area contributed by atoms with Gasteiger partial charge < -0.3 is 14.4 Å². The lowest BCUT2D eigenvalue weighted by molar-refractivity contribution is 0.0942. The molecule has 1 aliphatic rings. The molecule has 0 bridgehead atoms. The zero-order chi connectivity index (χ0) is 14.8. The number of nitrogens with zero attached hydrogens (tertiary/aromatic N) is 3. The van der Waals surface area contributed by atoms with Crippen molar-refractivity contribution in [2.45, 2.75) is 39.7 Å². The van der Waals surface area contributed by atoms with Gasteiger partial charge in [0.2, 0.25) is 0 Å². The third-order valence-corrected chi connectivity index (χ3v) is 4.08. The van der Waals surface area contributed by atoms with E-state index in [4.69, 9.17) is 4.52 Å². The Labute approximate surface area is 123 Å². The Morgan fingerprint density at radius 2 is 2.43 bits per heavy atom. The number of aromatic nitrogens is 3. The molecule has 2 aromatic rings. The molecule has 3 heterocycles. The highest BCUT2D eigenvalue weighted by Crippen LogP contribution is 2.19. The fourth-order valence-corrected chi connectivity index (χ4v) is 2.86. The smallest absolute Gasteiger partial charge is 0.256 e. The van der Waals surface area contributed by atoms with Crippen LogP contribution in [0.2, 0.25) is 0 Å². The largest absolute Gasteiger partial charge is 0.360 e. The molecular formula is C15H20N4O2. The van der Waals surface area contributed by atoms with E-state index in [1.807, 2.05) is 19.3 Å². The minimum Gasteiger partial charge on any atom is -0.360 e. The van der Waals surface area contributed by atoms with Crippen molar-refractivity contribution in [3.05, 3.63) is 35.2 Å². The van der Waals surface area contributed by atoms with E-state index in [2.05, 4.69) is 20.0 Å². The number of imidazole rings is 1. The van der Waals surface area contributed by atoms with Gasteiger partial charge in [-0.05, 0) is 19.3 Å². The summed E-state index contributed by atoms with van der Waals surface area (Å²) in [6, 6.07) is 0. The third-order valence-electron chi connectivity index (χ3n) is 4.08. The molecule has 0 aliphatic carbocycles. The molecule has 0 saturated heterocycles. The highest BCUT2D eigenvalue weighted by atomic mass is 16.5. The van der Waals surface area contributed by atoms with Crippen LogP contribution in [-0.2, 0) is 19.4 Å². The molecule has 0 radical (unpaired) electrons. The molecule has 1 aliphatic heterocycles. The average molecular weight is 288 g/mol. The van der Waals surface area contributed by atoms with Crippen LogP contribution in [0.4, 0.5) is 0 Å². The maximum absolute atomic E-state index is 12.3. The van der Waals surface area contributed by atoms with Gasteiger partial charge >= 0.3 is 0 Å². The van der Waals surface area contributed by atoms with Gasteiger partial charge in [-0.2, -0.15) is 0 Å². The normalized spacial score (nSPS) is 17.5. The lowest BCUT2D eigenvalue weighted by atomic mass is 9.97. The van der Waals surface area contributed by atoms with Gasteiger partial charge in [0, 0.05) is 38.3 Å². The Morgan fingerprint density at radius 1 is 1.57 bits per heavy atom. The van der Waals surface area contributed by atoms with Crippen LogP contribution in [0, 0.1) is 12.8 Å². The fourth-order valence-electron chi connectivity index (χ4n) is 2.86. The first-order valence-electron chi connectivity index (χ1n) is 7.42. The minimum absolute atomic E-state index is 0.0838. The van der Waals surface area contributed by atoms with Gasteiger partial charge in [0.1, 0.15) is 17.1 Å². The molecule has 0 aromatic carbocycles. The van der Waals surface area contributed by atoms with Crippen molar-refractivity contribution < 1.29 is 9.32 Å². The number of fused-ring (bicyclic) bond motifs is 1. The van der Waals surface area contributed by atoms with Crippen molar-refractivity contribution in [3.63, 3.8) is 0 Å². The van der Waals surface area contributed by atoms with Gasteiger partial charge in [-0.15, -0.1) is 0 Å². The van der Waals surface area contributed by atoms with E-state index < -0.39 is 0 Å². The number of amides is 1. The number of hydrogen-bond donors (Lipinski definition) is 1. The summed E-state index contributed by atoms with van der Waals surface area (Å²) in [7, 11) is 0. The van der Waals surface area contributed by atoms with Crippen molar-refractivity contribution >= 4 is 5.91 Å². The zero-order valence-electron chi connectivity index (χ0n) is 12.4. The topological polar surface area (TPSA) is 73.0 Å². The van der Waals surface area contributed by atoms with Gasteiger partial charge in [0.25, 0.3) is 5.91 Å². The average Bonchev–Trinajstić information content (AvgIpc) is 3.10. The molecule has 0 fully saturated rings. The second-order valence-corrected chi connectivity index (χ2v) is 5.53. The summed E-state index contributed by atoms with van der Waals surface area (Å²) in [5.41, 5.74) is 1.25. The number of aryl methyl sites for hydroxylation is 3. The standard InChI is InChI=1S/C15H20N4O2/c1-3-12-14(10(2)18-21-12)15(20)17-9-11-4-6-19-7-5-16-13(19)8-11/h5,7,11H,3-4,6,8-9H2,1-2H3,(H,17,20)/t11-/m0/s1. The van der Waals surface area contributed by atoms with Crippen LogP contribution >= 0.6 is 0 Å². The maximum atomic E-state index is 12.3. The number of nitrogens with one attached hydrogen (secondary N) is 1. The molecule has 6 nitrogen and oxygen atoms in total. The first-order chi connectivity index (χ1) is 10.2. The van der Waals surface area contributed by atoms with Gasteiger partial charge in [-0.3, -0.25) is 4.79 Å². The lowest BCUT2D eigenvalue weighted by Crippen LogP contribution is -2.33. The summed E-state index contributed by atoms with van der Waals surface area (Å²) < 4.78 is 7.35. The van der Waals surface area contributed by atoms with Crippen LogP contribution in [0.1, 0.15) is 41.0 Å². The minimum atomic E-state index is -0.0838. The van der Waals surface area contributed by atoms with Crippen LogP contribution < -0.4 is 5.32 Å². The Morgan fingerprint density at radius 3 is 3.24 bits per heavy atom. The van der Waals surface area contributed by atoms with E-state index >= 15 is 0 Å². The predicted octanol–water partition coefficient (Wildman–Crippen LogP) is 1.73. The number of rotatable bonds is 4. The van der Waals surface area contributed by atoms with Crippen molar-refractivity contribution in [2.75, 3.05) is 6.54 Å². The van der Waals surface area contributed by atoms with E-state index in [1.54, 1.807) is 6.92 Å². The van der Waals surface area contributed by atoms with Crippen molar-refractivity contribution in [1.82, 2.24) is 20.0 Å². The Balaban J connectivity index is 1.61. The van der Waals surface area contributed by atoms with Crippen LogP contribution in [-0.4, -0.2) is 27.2 Å². The summed E-state index contributed by atoms with van der Waals surface area (Å²) in [5.74, 6) is 2.12. The Bertz CT molecular complexity index is 644. The van der Waals surface area contributed by atoms with Gasteiger partial charge in [0.15, 0.2) is 0 Å². The molecule has 0 saturated carbocycles. The summed E-state index contributed by atoms with van der Waals surface area (Å²) >= 11 is 0. The molecule has 1 amide bonds. The van der Waals surface area contributed by atoms with Crippen molar-refractivity contribution in [2.24, 2.45) is 5.92 Å². The van der Waals surface area contributed by atoms with Gasteiger partial charge in [-0.1, -0.05) is 12.1 Å². The lowest BCUT2D eigenvalue weighted by Gasteiger charge is -2.23. The highest BCUT2D eigenvalue weighted by Gasteiger charge is 2.22. The summed E-state index contributed by atoms with van der Waals surface area (Å²) in [5, 5.41) is 6.89. The molecule has 1 atom stereocenters. The van der Waals surface area contributed by atoms with Crippen LogP contribution in [0.3, 0.4) is 0 Å².